The molecular formula is C30H35NO3. The normalized spacial score (nSPS) is 22.8. The summed E-state index contributed by atoms with van der Waals surface area (Å²) < 4.78 is 19.3. The summed E-state index contributed by atoms with van der Waals surface area (Å²) in [6.07, 6.45) is 2.66. The summed E-state index contributed by atoms with van der Waals surface area (Å²) in [5.41, 5.74) is 3.59. The number of rotatable bonds is 12. The van der Waals surface area contributed by atoms with Gasteiger partial charge in [0.1, 0.15) is 6.10 Å². The van der Waals surface area contributed by atoms with Gasteiger partial charge in [0.15, 0.2) is 0 Å². The van der Waals surface area contributed by atoms with Crippen molar-refractivity contribution in [1.82, 2.24) is 4.90 Å². The number of benzene rings is 3. The van der Waals surface area contributed by atoms with Crippen LogP contribution >= 0.6 is 0 Å². The Morgan fingerprint density at radius 3 is 1.74 bits per heavy atom. The monoisotopic (exact) mass is 457 g/mol. The molecule has 5 rings (SSSR count). The minimum absolute atomic E-state index is 0.0213. The Kier molecular flexibility index (Phi) is 8.05. The standard InChI is InChI=1S/C30H35NO3/c1-4-10-25(11-5-1)20-32-23-28-30(34-22-27-14-8-3-9-15-27)29(19-31(28)18-24-16-17-24)33-21-26-12-6-2-7-13-26/h1-15,24,28-30H,16-23H2/t28-,29-,30-/m1/s1. The molecule has 3 aromatic carbocycles. The van der Waals surface area contributed by atoms with Gasteiger partial charge in [0, 0.05) is 13.1 Å². The highest BCUT2D eigenvalue weighted by molar-refractivity contribution is 5.15. The molecule has 4 heteroatoms. The van der Waals surface area contributed by atoms with E-state index < -0.39 is 0 Å². The summed E-state index contributed by atoms with van der Waals surface area (Å²) in [6.45, 7) is 4.45. The van der Waals surface area contributed by atoms with Gasteiger partial charge in [0.2, 0.25) is 0 Å². The van der Waals surface area contributed by atoms with Crippen molar-refractivity contribution < 1.29 is 14.2 Å². The number of hydrogen-bond acceptors (Lipinski definition) is 4. The van der Waals surface area contributed by atoms with E-state index in [1.165, 1.54) is 29.5 Å². The zero-order valence-corrected chi connectivity index (χ0v) is 19.8. The maximum absolute atomic E-state index is 6.59. The Balaban J connectivity index is 1.28. The van der Waals surface area contributed by atoms with Gasteiger partial charge < -0.3 is 14.2 Å². The maximum atomic E-state index is 6.59. The summed E-state index contributed by atoms with van der Waals surface area (Å²) in [6, 6.07) is 31.4. The van der Waals surface area contributed by atoms with Gasteiger partial charge in [-0.1, -0.05) is 91.0 Å². The van der Waals surface area contributed by atoms with E-state index in [-0.39, 0.29) is 18.2 Å². The van der Waals surface area contributed by atoms with Gasteiger partial charge in [-0.3, -0.25) is 4.90 Å². The third-order valence-corrected chi connectivity index (χ3v) is 6.81. The first-order valence-electron chi connectivity index (χ1n) is 12.5. The molecule has 3 atom stereocenters. The molecule has 1 aliphatic heterocycles. The van der Waals surface area contributed by atoms with E-state index in [9.17, 15) is 0 Å². The molecule has 1 heterocycles. The van der Waals surface area contributed by atoms with Crippen LogP contribution in [0.1, 0.15) is 29.5 Å². The van der Waals surface area contributed by atoms with Gasteiger partial charge in [-0.25, -0.2) is 0 Å². The first-order chi connectivity index (χ1) is 16.8. The van der Waals surface area contributed by atoms with E-state index in [1.807, 2.05) is 18.2 Å². The summed E-state index contributed by atoms with van der Waals surface area (Å²) in [5, 5.41) is 0. The Labute approximate surface area is 203 Å². The molecule has 0 spiro atoms. The largest absolute Gasteiger partial charge is 0.375 e. The second-order valence-electron chi connectivity index (χ2n) is 9.56. The Hall–Kier alpha value is -2.50. The molecule has 0 aromatic heterocycles. The fourth-order valence-electron chi connectivity index (χ4n) is 4.75. The van der Waals surface area contributed by atoms with Crippen LogP contribution in [0, 0.1) is 5.92 Å². The van der Waals surface area contributed by atoms with E-state index >= 15 is 0 Å². The average molecular weight is 458 g/mol. The van der Waals surface area contributed by atoms with Crippen LogP contribution in [-0.4, -0.2) is 42.8 Å². The van der Waals surface area contributed by atoms with Crippen LogP contribution in [0.15, 0.2) is 91.0 Å². The van der Waals surface area contributed by atoms with Crippen molar-refractivity contribution in [2.24, 2.45) is 5.92 Å². The molecule has 1 saturated heterocycles. The van der Waals surface area contributed by atoms with Crippen molar-refractivity contribution in [2.45, 2.75) is 50.9 Å². The second kappa shape index (κ2) is 11.8. The van der Waals surface area contributed by atoms with Gasteiger partial charge in [-0.15, -0.1) is 0 Å². The fourth-order valence-corrected chi connectivity index (χ4v) is 4.75. The topological polar surface area (TPSA) is 30.9 Å². The van der Waals surface area contributed by atoms with Gasteiger partial charge in [-0.2, -0.15) is 0 Å². The lowest BCUT2D eigenvalue weighted by Crippen LogP contribution is -2.42. The van der Waals surface area contributed by atoms with Crippen molar-refractivity contribution in [3.8, 4) is 0 Å². The van der Waals surface area contributed by atoms with Crippen LogP contribution in [0.25, 0.3) is 0 Å². The number of nitrogens with zero attached hydrogens (tertiary/aromatic N) is 1. The molecule has 1 aliphatic carbocycles. The van der Waals surface area contributed by atoms with Gasteiger partial charge in [0.05, 0.1) is 38.6 Å². The number of ether oxygens (including phenoxy) is 3. The van der Waals surface area contributed by atoms with Crippen molar-refractivity contribution in [3.63, 3.8) is 0 Å². The van der Waals surface area contributed by atoms with Gasteiger partial charge >= 0.3 is 0 Å². The van der Waals surface area contributed by atoms with Crippen LogP contribution in [0.5, 0.6) is 0 Å². The van der Waals surface area contributed by atoms with Crippen molar-refractivity contribution in [3.05, 3.63) is 108 Å². The SMILES string of the molecule is c1ccc(COC[C@@H]2[C@@H](OCc3ccccc3)[C@H](OCc3ccccc3)CN2CC2CC2)cc1. The highest BCUT2D eigenvalue weighted by Gasteiger charge is 2.45. The zero-order chi connectivity index (χ0) is 23.0. The average Bonchev–Trinajstić information content (AvgIpc) is 3.65. The molecule has 3 aromatic rings. The number of likely N-dealkylation sites (tertiary alicyclic amines) is 1. The van der Waals surface area contributed by atoms with Gasteiger partial charge in [0.25, 0.3) is 0 Å². The summed E-state index contributed by atoms with van der Waals surface area (Å²) >= 11 is 0. The Morgan fingerprint density at radius 1 is 0.647 bits per heavy atom. The lowest BCUT2D eigenvalue weighted by Gasteiger charge is -2.28. The zero-order valence-electron chi connectivity index (χ0n) is 19.8. The predicted octanol–water partition coefficient (Wildman–Crippen LogP) is 5.47. The molecule has 0 radical (unpaired) electrons. The van der Waals surface area contributed by atoms with Gasteiger partial charge in [-0.05, 0) is 35.4 Å². The lowest BCUT2D eigenvalue weighted by molar-refractivity contribution is -0.0817. The van der Waals surface area contributed by atoms with Crippen LogP contribution in [0.4, 0.5) is 0 Å². The summed E-state index contributed by atoms with van der Waals surface area (Å²) in [7, 11) is 0. The van der Waals surface area contributed by atoms with Crippen LogP contribution in [0.3, 0.4) is 0 Å². The fraction of sp³-hybridized carbons (Fsp3) is 0.400. The molecule has 0 bridgehead atoms. The third kappa shape index (κ3) is 6.55. The van der Waals surface area contributed by atoms with E-state index in [4.69, 9.17) is 14.2 Å². The molecule has 4 nitrogen and oxygen atoms in total. The van der Waals surface area contributed by atoms with Crippen molar-refractivity contribution in [2.75, 3.05) is 19.7 Å². The first-order valence-corrected chi connectivity index (χ1v) is 12.5. The summed E-state index contributed by atoms with van der Waals surface area (Å²) in [4.78, 5) is 2.56. The predicted molar refractivity (Wildman–Crippen MR) is 134 cm³/mol. The smallest absolute Gasteiger partial charge is 0.103 e. The van der Waals surface area contributed by atoms with E-state index in [0.717, 1.165) is 19.0 Å². The molecular weight excluding hydrogens is 422 g/mol. The molecule has 178 valence electrons. The van der Waals surface area contributed by atoms with E-state index in [0.29, 0.717) is 26.4 Å². The molecule has 0 N–H and O–H groups in total. The van der Waals surface area contributed by atoms with Crippen LogP contribution in [0.2, 0.25) is 0 Å². The second-order valence-corrected chi connectivity index (χ2v) is 9.56. The molecule has 0 amide bonds. The molecule has 1 saturated carbocycles. The quantitative estimate of drug-likeness (QED) is 0.361. The highest BCUT2D eigenvalue weighted by atomic mass is 16.5. The minimum Gasteiger partial charge on any atom is -0.375 e. The van der Waals surface area contributed by atoms with E-state index in [2.05, 4.69) is 77.7 Å². The van der Waals surface area contributed by atoms with E-state index in [1.54, 1.807) is 0 Å². The Morgan fingerprint density at radius 2 is 1.18 bits per heavy atom. The number of hydrogen-bond donors (Lipinski definition) is 0. The highest BCUT2D eigenvalue weighted by Crippen LogP contribution is 2.34. The Bertz CT molecular complexity index is 978. The summed E-state index contributed by atoms with van der Waals surface area (Å²) in [5.74, 6) is 0.805. The molecule has 0 unspecified atom stereocenters. The third-order valence-electron chi connectivity index (χ3n) is 6.81. The van der Waals surface area contributed by atoms with Crippen molar-refractivity contribution >= 4 is 0 Å². The molecule has 2 fully saturated rings. The minimum atomic E-state index is -0.0292. The molecule has 34 heavy (non-hydrogen) atoms. The molecule has 2 aliphatic rings. The van der Waals surface area contributed by atoms with Crippen LogP contribution < -0.4 is 0 Å². The lowest BCUT2D eigenvalue weighted by atomic mass is 10.1. The maximum Gasteiger partial charge on any atom is 0.103 e. The van der Waals surface area contributed by atoms with Crippen molar-refractivity contribution in [1.29, 1.82) is 0 Å². The van der Waals surface area contributed by atoms with Crippen LogP contribution in [-0.2, 0) is 34.0 Å². The first kappa shape index (κ1) is 23.3.